The molecule has 0 aromatic carbocycles. The fraction of sp³-hybridized carbons (Fsp3) is 0.867. The van der Waals surface area contributed by atoms with E-state index in [2.05, 4.69) is 4.74 Å². The molecule has 2 heterocycles. The molecule has 0 aromatic heterocycles. The third-order valence-corrected chi connectivity index (χ3v) is 4.38. The fourth-order valence-corrected chi connectivity index (χ4v) is 2.62. The molecule has 0 aliphatic carbocycles. The third-order valence-electron chi connectivity index (χ3n) is 4.38. The molecule has 0 aromatic rings. The number of ether oxygens (including phenoxy) is 3. The van der Waals surface area contributed by atoms with Crippen LogP contribution in [0.4, 0.5) is 0 Å². The van der Waals surface area contributed by atoms with Crippen LogP contribution < -0.4 is 0 Å². The van der Waals surface area contributed by atoms with E-state index in [1.807, 2.05) is 0 Å². The summed E-state index contributed by atoms with van der Waals surface area (Å²) in [5, 5.41) is 64.2. The summed E-state index contributed by atoms with van der Waals surface area (Å²) < 4.78 is 14.2. The lowest BCUT2D eigenvalue weighted by molar-refractivity contribution is -0.225. The van der Waals surface area contributed by atoms with Gasteiger partial charge in [0.15, 0.2) is 12.2 Å². The zero-order valence-electron chi connectivity index (χ0n) is 14.9. The standard InChI is InChI=1S/C8H14O6.C7H12O6/c1-3-4(9)5(10)6(11)7(14-3)8(12)13-2;1-2-3(8)4(9)5(10)6(13-2)7(11)12/h3-7,9-11H,1-2H3;2-6,8-10H,1H3,(H,11,12)/t3-,4?,5+,6?,7-;2-,3?,4+,5?,6-/m00/s1. The molecule has 12 nitrogen and oxygen atoms in total. The first kappa shape index (κ1) is 23.7. The minimum atomic E-state index is -1.59. The van der Waals surface area contributed by atoms with Crippen molar-refractivity contribution in [2.75, 3.05) is 7.11 Å². The summed E-state index contributed by atoms with van der Waals surface area (Å²) in [6.45, 7) is 2.92. The van der Waals surface area contributed by atoms with Gasteiger partial charge in [0.05, 0.1) is 19.3 Å². The highest BCUT2D eigenvalue weighted by Crippen LogP contribution is 2.22. The Kier molecular flexibility index (Phi) is 8.50. The van der Waals surface area contributed by atoms with Gasteiger partial charge in [0.1, 0.15) is 36.6 Å². The van der Waals surface area contributed by atoms with Crippen molar-refractivity contribution in [3.8, 4) is 0 Å². The first-order valence-corrected chi connectivity index (χ1v) is 8.13. The van der Waals surface area contributed by atoms with Gasteiger partial charge >= 0.3 is 11.9 Å². The van der Waals surface area contributed by atoms with Crippen LogP contribution in [0.5, 0.6) is 0 Å². The number of carbonyl (C=O) groups excluding carboxylic acids is 1. The van der Waals surface area contributed by atoms with Crippen LogP contribution in [-0.2, 0) is 23.8 Å². The number of methoxy groups -OCH3 is 1. The molecule has 10 atom stereocenters. The molecule has 0 saturated carbocycles. The summed E-state index contributed by atoms with van der Waals surface area (Å²) in [7, 11) is 1.15. The van der Waals surface area contributed by atoms with Crippen LogP contribution in [0, 0.1) is 0 Å². The fourth-order valence-electron chi connectivity index (χ4n) is 2.62. The number of carboxylic acid groups (broad SMARTS) is 1. The van der Waals surface area contributed by atoms with E-state index in [0.29, 0.717) is 0 Å². The van der Waals surface area contributed by atoms with E-state index in [9.17, 15) is 40.2 Å². The number of aliphatic hydroxyl groups is 6. The molecule has 7 N–H and O–H groups in total. The minimum Gasteiger partial charge on any atom is -0.479 e. The summed E-state index contributed by atoms with van der Waals surface area (Å²) in [5.74, 6) is -2.12. The summed E-state index contributed by atoms with van der Waals surface area (Å²) in [5.41, 5.74) is 0. The normalized spacial score (nSPS) is 44.6. The molecule has 158 valence electrons. The molecule has 0 bridgehead atoms. The van der Waals surface area contributed by atoms with E-state index in [1.54, 1.807) is 0 Å². The predicted octanol–water partition coefficient (Wildman–Crippen LogP) is -4.03. The zero-order valence-corrected chi connectivity index (χ0v) is 14.9. The Labute approximate surface area is 154 Å². The van der Waals surface area contributed by atoms with Crippen LogP contribution in [0.15, 0.2) is 0 Å². The maximum absolute atomic E-state index is 11.1. The van der Waals surface area contributed by atoms with Crippen molar-refractivity contribution >= 4 is 11.9 Å². The Morgan fingerprint density at radius 2 is 1.07 bits per heavy atom. The van der Waals surface area contributed by atoms with E-state index in [-0.39, 0.29) is 0 Å². The van der Waals surface area contributed by atoms with Gasteiger partial charge in [0, 0.05) is 0 Å². The average Bonchev–Trinajstić information content (AvgIpc) is 2.63. The number of esters is 1. The van der Waals surface area contributed by atoms with Gasteiger partial charge in [-0.2, -0.15) is 0 Å². The summed E-state index contributed by atoms with van der Waals surface area (Å²) in [4.78, 5) is 21.6. The van der Waals surface area contributed by atoms with Gasteiger partial charge in [-0.1, -0.05) is 0 Å². The summed E-state index contributed by atoms with van der Waals surface area (Å²) in [6.07, 6.45) is -12.7. The minimum absolute atomic E-state index is 0.725. The monoisotopic (exact) mass is 398 g/mol. The third kappa shape index (κ3) is 5.33. The van der Waals surface area contributed by atoms with Crippen molar-refractivity contribution in [3.05, 3.63) is 0 Å². The molecular formula is C15H26O12. The molecule has 2 fully saturated rings. The van der Waals surface area contributed by atoms with Crippen molar-refractivity contribution in [3.63, 3.8) is 0 Å². The molecule has 27 heavy (non-hydrogen) atoms. The van der Waals surface area contributed by atoms with Gasteiger partial charge < -0.3 is 50.0 Å². The van der Waals surface area contributed by atoms with Gasteiger partial charge in [-0.05, 0) is 13.8 Å². The van der Waals surface area contributed by atoms with Crippen molar-refractivity contribution in [1.29, 1.82) is 0 Å². The summed E-state index contributed by atoms with van der Waals surface area (Å²) >= 11 is 0. The van der Waals surface area contributed by atoms with Gasteiger partial charge in [0.2, 0.25) is 0 Å². The first-order chi connectivity index (χ1) is 12.4. The number of carboxylic acids is 1. The number of hydrogen-bond donors (Lipinski definition) is 7. The lowest BCUT2D eigenvalue weighted by Gasteiger charge is -2.37. The highest BCUT2D eigenvalue weighted by atomic mass is 16.6. The van der Waals surface area contributed by atoms with Crippen LogP contribution in [0.3, 0.4) is 0 Å². The smallest absolute Gasteiger partial charge is 0.337 e. The lowest BCUT2D eigenvalue weighted by Crippen LogP contribution is -2.59. The average molecular weight is 398 g/mol. The molecule has 0 amide bonds. The van der Waals surface area contributed by atoms with E-state index >= 15 is 0 Å². The number of hydrogen-bond acceptors (Lipinski definition) is 11. The van der Waals surface area contributed by atoms with E-state index < -0.39 is 73.0 Å². The van der Waals surface area contributed by atoms with Crippen molar-refractivity contribution in [2.24, 2.45) is 0 Å². The number of aliphatic hydroxyl groups excluding tert-OH is 6. The van der Waals surface area contributed by atoms with Crippen LogP contribution >= 0.6 is 0 Å². The van der Waals surface area contributed by atoms with E-state index in [1.165, 1.54) is 13.8 Å². The Bertz CT molecular complexity index is 513. The molecule has 2 rings (SSSR count). The van der Waals surface area contributed by atoms with Crippen LogP contribution in [0.1, 0.15) is 13.8 Å². The topological polar surface area (TPSA) is 203 Å². The highest BCUT2D eigenvalue weighted by Gasteiger charge is 2.46. The Morgan fingerprint density at radius 3 is 1.44 bits per heavy atom. The largest absolute Gasteiger partial charge is 0.479 e. The number of rotatable bonds is 2. The van der Waals surface area contributed by atoms with Crippen LogP contribution in [0.2, 0.25) is 0 Å². The SMILES string of the molecule is COC(=O)[C@H]1O[C@@H](C)C(O)[C@@H](O)C1O.C[C@@H]1O[C@H](C(=O)O)C(O)[C@H](O)C1O. The number of aliphatic carboxylic acids is 1. The van der Waals surface area contributed by atoms with Crippen molar-refractivity contribution in [2.45, 2.75) is 74.9 Å². The van der Waals surface area contributed by atoms with E-state index in [4.69, 9.17) is 14.6 Å². The Balaban J connectivity index is 0.000000271. The lowest BCUT2D eigenvalue weighted by atomic mass is 9.96. The van der Waals surface area contributed by atoms with E-state index in [0.717, 1.165) is 7.11 Å². The molecule has 4 unspecified atom stereocenters. The van der Waals surface area contributed by atoms with Gasteiger partial charge in [-0.15, -0.1) is 0 Å². The quantitative estimate of drug-likeness (QED) is 0.222. The van der Waals surface area contributed by atoms with Crippen molar-refractivity contribution < 1.29 is 59.5 Å². The molecule has 0 radical (unpaired) electrons. The Morgan fingerprint density at radius 1 is 0.704 bits per heavy atom. The Hall–Kier alpha value is -1.38. The maximum atomic E-state index is 11.1. The molecule has 12 heteroatoms. The molecule has 2 aliphatic rings. The summed E-state index contributed by atoms with van der Waals surface area (Å²) in [6, 6.07) is 0. The van der Waals surface area contributed by atoms with Crippen LogP contribution in [-0.4, -0.2) is 116 Å². The van der Waals surface area contributed by atoms with Gasteiger partial charge in [0.25, 0.3) is 0 Å². The molecule has 2 saturated heterocycles. The van der Waals surface area contributed by atoms with Gasteiger partial charge in [-0.3, -0.25) is 0 Å². The highest BCUT2D eigenvalue weighted by molar-refractivity contribution is 5.75. The molecule has 0 spiro atoms. The zero-order chi connectivity index (χ0) is 21.0. The second kappa shape index (κ2) is 9.71. The number of carbonyl (C=O) groups is 2. The molecular weight excluding hydrogens is 372 g/mol. The first-order valence-electron chi connectivity index (χ1n) is 8.13. The predicted molar refractivity (Wildman–Crippen MR) is 84.4 cm³/mol. The van der Waals surface area contributed by atoms with Gasteiger partial charge in [-0.25, -0.2) is 9.59 Å². The maximum Gasteiger partial charge on any atom is 0.337 e. The second-order valence-electron chi connectivity index (χ2n) is 6.33. The van der Waals surface area contributed by atoms with Crippen LogP contribution in [0.25, 0.3) is 0 Å². The van der Waals surface area contributed by atoms with Crippen molar-refractivity contribution in [1.82, 2.24) is 0 Å². The second-order valence-corrected chi connectivity index (χ2v) is 6.33. The molecule has 2 aliphatic heterocycles.